The lowest BCUT2D eigenvalue weighted by atomic mass is 9.94. The lowest BCUT2D eigenvalue weighted by molar-refractivity contribution is -0.114. The summed E-state index contributed by atoms with van der Waals surface area (Å²) in [6, 6.07) is 3.80. The fourth-order valence-corrected chi connectivity index (χ4v) is 3.72. The summed E-state index contributed by atoms with van der Waals surface area (Å²) in [7, 11) is 1.87. The third-order valence-electron chi connectivity index (χ3n) is 3.93. The number of anilines is 1. The van der Waals surface area contributed by atoms with Crippen molar-refractivity contribution >= 4 is 23.1 Å². The van der Waals surface area contributed by atoms with Crippen LogP contribution in [0.5, 0.6) is 0 Å². The van der Waals surface area contributed by atoms with Crippen molar-refractivity contribution in [1.29, 1.82) is 0 Å². The SMILES string of the molecule is CC(=O)Nc1ccc(-c2nn(C)/c(=N\C3CCCC(O)C3)s2)cn1. The van der Waals surface area contributed by atoms with E-state index in [2.05, 4.69) is 15.4 Å². The number of aliphatic hydroxyl groups excluding tert-OH is 1. The third kappa shape index (κ3) is 4.07. The molecule has 2 N–H and O–H groups in total. The van der Waals surface area contributed by atoms with Gasteiger partial charge in [-0.15, -0.1) is 0 Å². The second-order valence-corrected chi connectivity index (χ2v) is 6.99. The summed E-state index contributed by atoms with van der Waals surface area (Å²) in [5.74, 6) is 0.375. The van der Waals surface area contributed by atoms with Gasteiger partial charge >= 0.3 is 0 Å². The van der Waals surface area contributed by atoms with Crippen LogP contribution in [0.25, 0.3) is 10.6 Å². The van der Waals surface area contributed by atoms with Crippen molar-refractivity contribution in [1.82, 2.24) is 14.8 Å². The number of pyridine rings is 1. The average Bonchev–Trinajstić information content (AvgIpc) is 2.88. The van der Waals surface area contributed by atoms with Gasteiger partial charge in [-0.25, -0.2) is 9.67 Å². The summed E-state index contributed by atoms with van der Waals surface area (Å²) in [6.45, 7) is 1.45. The number of nitrogens with one attached hydrogen (secondary N) is 1. The van der Waals surface area contributed by atoms with Crippen molar-refractivity contribution < 1.29 is 9.90 Å². The summed E-state index contributed by atoms with van der Waals surface area (Å²) in [6.07, 6.45) is 5.07. The van der Waals surface area contributed by atoms with E-state index in [0.717, 1.165) is 41.1 Å². The zero-order valence-corrected chi connectivity index (χ0v) is 14.6. The van der Waals surface area contributed by atoms with Crippen LogP contribution in [0.3, 0.4) is 0 Å². The Morgan fingerprint density at radius 1 is 1.46 bits per heavy atom. The highest BCUT2D eigenvalue weighted by atomic mass is 32.1. The molecule has 1 aliphatic carbocycles. The van der Waals surface area contributed by atoms with Gasteiger partial charge in [-0.3, -0.25) is 9.79 Å². The van der Waals surface area contributed by atoms with Crippen LogP contribution in [0, 0.1) is 0 Å². The van der Waals surface area contributed by atoms with Gasteiger partial charge in [0.1, 0.15) is 10.8 Å². The van der Waals surface area contributed by atoms with E-state index in [0.29, 0.717) is 5.82 Å². The van der Waals surface area contributed by atoms with Crippen LogP contribution in [0.4, 0.5) is 5.82 Å². The predicted octanol–water partition coefficient (Wildman–Crippen LogP) is 1.71. The Kier molecular flexibility index (Phi) is 5.06. The molecule has 2 aromatic heterocycles. The second kappa shape index (κ2) is 7.23. The van der Waals surface area contributed by atoms with E-state index in [1.54, 1.807) is 16.9 Å². The molecule has 2 heterocycles. The Bertz CT molecular complexity index is 781. The van der Waals surface area contributed by atoms with Gasteiger partial charge in [0.05, 0.1) is 12.1 Å². The molecule has 24 heavy (non-hydrogen) atoms. The summed E-state index contributed by atoms with van der Waals surface area (Å²) in [5.41, 5.74) is 0.884. The second-order valence-electron chi connectivity index (χ2n) is 6.03. The van der Waals surface area contributed by atoms with Crippen LogP contribution >= 0.6 is 11.3 Å². The highest BCUT2D eigenvalue weighted by molar-refractivity contribution is 7.12. The zero-order chi connectivity index (χ0) is 17.1. The molecule has 0 bridgehead atoms. The van der Waals surface area contributed by atoms with Gasteiger partial charge in [-0.2, -0.15) is 5.10 Å². The molecule has 1 saturated carbocycles. The number of aliphatic hydroxyl groups is 1. The van der Waals surface area contributed by atoms with E-state index >= 15 is 0 Å². The highest BCUT2D eigenvalue weighted by Crippen LogP contribution is 2.22. The summed E-state index contributed by atoms with van der Waals surface area (Å²) >= 11 is 1.50. The van der Waals surface area contributed by atoms with Gasteiger partial charge in [-0.05, 0) is 37.8 Å². The predicted molar refractivity (Wildman–Crippen MR) is 92.4 cm³/mol. The molecule has 1 aliphatic rings. The minimum atomic E-state index is -0.240. The largest absolute Gasteiger partial charge is 0.393 e. The zero-order valence-electron chi connectivity index (χ0n) is 13.8. The third-order valence-corrected chi connectivity index (χ3v) is 4.99. The molecular formula is C16H21N5O2S. The van der Waals surface area contributed by atoms with Crippen LogP contribution in [-0.4, -0.2) is 37.9 Å². The first-order valence-corrected chi connectivity index (χ1v) is 8.83. The Labute approximate surface area is 144 Å². The van der Waals surface area contributed by atoms with Crippen molar-refractivity contribution in [3.63, 3.8) is 0 Å². The first-order chi connectivity index (χ1) is 11.5. The molecule has 128 valence electrons. The maximum absolute atomic E-state index is 11.0. The monoisotopic (exact) mass is 347 g/mol. The summed E-state index contributed by atoms with van der Waals surface area (Å²) < 4.78 is 1.77. The number of hydrogen-bond acceptors (Lipinski definition) is 6. The normalized spacial score (nSPS) is 21.7. The van der Waals surface area contributed by atoms with Gasteiger partial charge in [-0.1, -0.05) is 11.3 Å². The first-order valence-electron chi connectivity index (χ1n) is 8.01. The number of aryl methyl sites for hydroxylation is 1. The van der Waals surface area contributed by atoms with Gasteiger partial charge in [0.25, 0.3) is 0 Å². The molecule has 2 unspecified atom stereocenters. The Morgan fingerprint density at radius 2 is 2.29 bits per heavy atom. The smallest absolute Gasteiger partial charge is 0.222 e. The lowest BCUT2D eigenvalue weighted by Gasteiger charge is -2.22. The van der Waals surface area contributed by atoms with Gasteiger partial charge in [0, 0.05) is 25.7 Å². The molecule has 3 rings (SSSR count). The number of rotatable bonds is 3. The Morgan fingerprint density at radius 3 is 2.96 bits per heavy atom. The van der Waals surface area contributed by atoms with E-state index in [9.17, 15) is 9.90 Å². The van der Waals surface area contributed by atoms with Crippen LogP contribution < -0.4 is 10.1 Å². The number of aromatic nitrogens is 3. The number of carbonyl (C=O) groups is 1. The lowest BCUT2D eigenvalue weighted by Crippen LogP contribution is -2.25. The average molecular weight is 347 g/mol. The number of hydrogen-bond donors (Lipinski definition) is 2. The van der Waals surface area contributed by atoms with Crippen molar-refractivity contribution in [2.75, 3.05) is 5.32 Å². The van der Waals surface area contributed by atoms with Crippen LogP contribution in [0.15, 0.2) is 23.3 Å². The molecule has 8 heteroatoms. The standard InChI is InChI=1S/C16H21N5O2S/c1-10(22)18-14-7-6-11(9-17-14)15-20-21(2)16(24-15)19-12-4-3-5-13(23)8-12/h6-7,9,12-13,23H,3-5,8H2,1-2H3,(H,17,18,22)/b19-16+. The van der Waals surface area contributed by atoms with E-state index in [4.69, 9.17) is 4.99 Å². The molecule has 0 aliphatic heterocycles. The minimum Gasteiger partial charge on any atom is -0.393 e. The molecule has 1 amide bonds. The number of amides is 1. The number of nitrogens with zero attached hydrogens (tertiary/aromatic N) is 4. The van der Waals surface area contributed by atoms with Crippen LogP contribution in [0.1, 0.15) is 32.6 Å². The van der Waals surface area contributed by atoms with E-state index < -0.39 is 0 Å². The number of carbonyl (C=O) groups excluding carboxylic acids is 1. The fraction of sp³-hybridized carbons (Fsp3) is 0.500. The Balaban J connectivity index is 1.81. The molecule has 1 fully saturated rings. The quantitative estimate of drug-likeness (QED) is 0.884. The summed E-state index contributed by atoms with van der Waals surface area (Å²) in [4.78, 5) is 20.9. The minimum absolute atomic E-state index is 0.147. The summed E-state index contributed by atoms with van der Waals surface area (Å²) in [5, 5.41) is 17.8. The topological polar surface area (TPSA) is 92.4 Å². The highest BCUT2D eigenvalue weighted by Gasteiger charge is 2.19. The van der Waals surface area contributed by atoms with Crippen molar-refractivity contribution in [3.8, 4) is 10.6 Å². The molecule has 0 aromatic carbocycles. The van der Waals surface area contributed by atoms with Crippen LogP contribution in [0.2, 0.25) is 0 Å². The van der Waals surface area contributed by atoms with Crippen molar-refractivity contribution in [2.24, 2.45) is 12.0 Å². The van der Waals surface area contributed by atoms with E-state index in [1.807, 2.05) is 13.1 Å². The molecule has 0 radical (unpaired) electrons. The van der Waals surface area contributed by atoms with Crippen LogP contribution in [-0.2, 0) is 11.8 Å². The maximum atomic E-state index is 11.0. The maximum Gasteiger partial charge on any atom is 0.222 e. The molecule has 0 saturated heterocycles. The molecule has 7 nitrogen and oxygen atoms in total. The van der Waals surface area contributed by atoms with E-state index in [-0.39, 0.29) is 18.1 Å². The molecule has 2 aromatic rings. The van der Waals surface area contributed by atoms with E-state index in [1.165, 1.54) is 18.3 Å². The molecule has 0 spiro atoms. The first kappa shape index (κ1) is 16.8. The molecular weight excluding hydrogens is 326 g/mol. The van der Waals surface area contributed by atoms with Gasteiger partial charge < -0.3 is 10.4 Å². The van der Waals surface area contributed by atoms with Gasteiger partial charge in [0.2, 0.25) is 10.7 Å². The Hall–Kier alpha value is -2.06. The van der Waals surface area contributed by atoms with Crippen molar-refractivity contribution in [3.05, 3.63) is 23.1 Å². The fourth-order valence-electron chi connectivity index (χ4n) is 2.77. The molecule has 2 atom stereocenters. The van der Waals surface area contributed by atoms with Crippen molar-refractivity contribution in [2.45, 2.75) is 44.8 Å². The van der Waals surface area contributed by atoms with Gasteiger partial charge in [0.15, 0.2) is 0 Å².